The lowest BCUT2D eigenvalue weighted by Gasteiger charge is -2.12. The first-order valence-electron chi connectivity index (χ1n) is 5.28. The lowest BCUT2D eigenvalue weighted by molar-refractivity contribution is 0.409. The molecule has 0 saturated heterocycles. The fourth-order valence-electron chi connectivity index (χ4n) is 1.30. The molecular formula is C11H16N2O3S. The monoisotopic (exact) mass is 256 g/mol. The molecule has 0 aliphatic carbocycles. The molecule has 5 nitrogen and oxygen atoms in total. The summed E-state index contributed by atoms with van der Waals surface area (Å²) < 4.78 is 31.4. The Morgan fingerprint density at radius 2 is 2.29 bits per heavy atom. The predicted molar refractivity (Wildman–Crippen MR) is 64.4 cm³/mol. The van der Waals surface area contributed by atoms with Gasteiger partial charge in [0, 0.05) is 12.5 Å². The van der Waals surface area contributed by atoms with Gasteiger partial charge < -0.3 is 10.2 Å². The van der Waals surface area contributed by atoms with Crippen molar-refractivity contribution in [2.45, 2.75) is 37.4 Å². The summed E-state index contributed by atoms with van der Waals surface area (Å²) in [7, 11) is -3.65. The quantitative estimate of drug-likeness (QED) is 0.738. The Morgan fingerprint density at radius 3 is 2.76 bits per heavy atom. The zero-order chi connectivity index (χ0) is 12.9. The Balaban J connectivity index is 2.84. The molecule has 0 aliphatic heterocycles. The van der Waals surface area contributed by atoms with Gasteiger partial charge in [-0.1, -0.05) is 6.92 Å². The van der Waals surface area contributed by atoms with Crippen LogP contribution >= 0.6 is 0 Å². The number of hydrogen-bond acceptors (Lipinski definition) is 4. The van der Waals surface area contributed by atoms with Gasteiger partial charge in [0.1, 0.15) is 5.76 Å². The van der Waals surface area contributed by atoms with Crippen LogP contribution in [0.5, 0.6) is 0 Å². The molecule has 3 N–H and O–H groups in total. The third-order valence-electron chi connectivity index (χ3n) is 2.28. The molecule has 0 bridgehead atoms. The third kappa shape index (κ3) is 3.60. The van der Waals surface area contributed by atoms with Crippen molar-refractivity contribution in [2.75, 3.05) is 0 Å². The van der Waals surface area contributed by atoms with Crippen molar-refractivity contribution < 1.29 is 12.8 Å². The van der Waals surface area contributed by atoms with Crippen LogP contribution in [0.1, 0.15) is 25.5 Å². The summed E-state index contributed by atoms with van der Waals surface area (Å²) in [6.07, 6.45) is 6.13. The smallest absolute Gasteiger partial charge is 0.274 e. The van der Waals surface area contributed by atoms with Crippen LogP contribution in [-0.4, -0.2) is 14.5 Å². The fourth-order valence-corrected chi connectivity index (χ4v) is 2.57. The molecule has 6 heteroatoms. The lowest BCUT2D eigenvalue weighted by Crippen LogP contribution is -2.33. The maximum atomic E-state index is 11.9. The van der Waals surface area contributed by atoms with Gasteiger partial charge in [0.25, 0.3) is 10.0 Å². The molecule has 1 aromatic heterocycles. The molecule has 1 aromatic rings. The van der Waals surface area contributed by atoms with E-state index >= 15 is 0 Å². The highest BCUT2D eigenvalue weighted by atomic mass is 32.2. The van der Waals surface area contributed by atoms with E-state index in [1.54, 1.807) is 0 Å². The van der Waals surface area contributed by atoms with Crippen molar-refractivity contribution >= 4 is 10.0 Å². The molecule has 1 heterocycles. The van der Waals surface area contributed by atoms with Gasteiger partial charge in [-0.2, -0.15) is 0 Å². The number of rotatable bonds is 6. The van der Waals surface area contributed by atoms with Gasteiger partial charge in [-0.25, -0.2) is 13.1 Å². The van der Waals surface area contributed by atoms with Crippen LogP contribution in [0.2, 0.25) is 0 Å². The summed E-state index contributed by atoms with van der Waals surface area (Å²) in [4.78, 5) is 0. The summed E-state index contributed by atoms with van der Waals surface area (Å²) in [6, 6.07) is 2.64. The van der Waals surface area contributed by atoms with Crippen LogP contribution in [0.3, 0.4) is 0 Å². The number of nitrogens with two attached hydrogens (primary N) is 1. The molecule has 1 rings (SSSR count). The van der Waals surface area contributed by atoms with Gasteiger partial charge in [0.2, 0.25) is 5.09 Å². The van der Waals surface area contributed by atoms with Crippen LogP contribution < -0.4 is 10.5 Å². The number of sulfonamides is 1. The molecule has 0 fully saturated rings. The van der Waals surface area contributed by atoms with Gasteiger partial charge in [-0.05, 0) is 18.6 Å². The largest absolute Gasteiger partial charge is 0.447 e. The SMILES string of the molecule is C#CCC(CC)NS(=O)(=O)c1ccc(CN)o1. The van der Waals surface area contributed by atoms with Crippen molar-refractivity contribution in [1.29, 1.82) is 0 Å². The van der Waals surface area contributed by atoms with Crippen molar-refractivity contribution in [3.05, 3.63) is 17.9 Å². The van der Waals surface area contributed by atoms with E-state index in [9.17, 15) is 8.42 Å². The van der Waals surface area contributed by atoms with Crippen LogP contribution in [0, 0.1) is 12.3 Å². The van der Waals surface area contributed by atoms with E-state index in [-0.39, 0.29) is 17.7 Å². The highest BCUT2D eigenvalue weighted by molar-refractivity contribution is 7.89. The molecule has 0 spiro atoms. The fraction of sp³-hybridized carbons (Fsp3) is 0.455. The maximum Gasteiger partial charge on any atom is 0.274 e. The minimum Gasteiger partial charge on any atom is -0.447 e. The molecule has 0 aliphatic rings. The van der Waals surface area contributed by atoms with E-state index in [1.807, 2.05) is 6.92 Å². The Labute approximate surface area is 101 Å². The zero-order valence-electron chi connectivity index (χ0n) is 9.64. The topological polar surface area (TPSA) is 85.3 Å². The highest BCUT2D eigenvalue weighted by Crippen LogP contribution is 2.14. The number of nitrogens with one attached hydrogen (secondary N) is 1. The summed E-state index contributed by atoms with van der Waals surface area (Å²) >= 11 is 0. The summed E-state index contributed by atoms with van der Waals surface area (Å²) in [5.41, 5.74) is 5.35. The molecule has 0 saturated carbocycles. The number of furan rings is 1. The Hall–Kier alpha value is -1.29. The molecular weight excluding hydrogens is 240 g/mol. The van der Waals surface area contributed by atoms with E-state index in [0.29, 0.717) is 18.6 Å². The summed E-state index contributed by atoms with van der Waals surface area (Å²) in [5.74, 6) is 2.86. The molecule has 17 heavy (non-hydrogen) atoms. The van der Waals surface area contributed by atoms with E-state index in [0.717, 1.165) is 0 Å². The average molecular weight is 256 g/mol. The number of terminal acetylenes is 1. The normalized spacial score (nSPS) is 13.2. The van der Waals surface area contributed by atoms with Crippen molar-refractivity contribution in [3.63, 3.8) is 0 Å². The van der Waals surface area contributed by atoms with Crippen LogP contribution in [0.15, 0.2) is 21.6 Å². The average Bonchev–Trinajstić information content (AvgIpc) is 2.77. The van der Waals surface area contributed by atoms with Gasteiger partial charge in [-0.15, -0.1) is 12.3 Å². The molecule has 0 radical (unpaired) electrons. The van der Waals surface area contributed by atoms with Crippen molar-refractivity contribution in [3.8, 4) is 12.3 Å². The zero-order valence-corrected chi connectivity index (χ0v) is 10.5. The molecule has 1 unspecified atom stereocenters. The van der Waals surface area contributed by atoms with Gasteiger partial charge >= 0.3 is 0 Å². The van der Waals surface area contributed by atoms with Crippen molar-refractivity contribution in [2.24, 2.45) is 5.73 Å². The maximum absolute atomic E-state index is 11.9. The van der Waals surface area contributed by atoms with Crippen LogP contribution in [0.25, 0.3) is 0 Å². The van der Waals surface area contributed by atoms with E-state index in [2.05, 4.69) is 10.6 Å². The second-order valence-corrected chi connectivity index (χ2v) is 5.20. The minimum atomic E-state index is -3.65. The summed E-state index contributed by atoms with van der Waals surface area (Å²) in [6.45, 7) is 2.02. The first kappa shape index (κ1) is 13.8. The first-order valence-corrected chi connectivity index (χ1v) is 6.76. The molecule has 0 aromatic carbocycles. The first-order chi connectivity index (χ1) is 8.03. The van der Waals surface area contributed by atoms with E-state index < -0.39 is 10.0 Å². The van der Waals surface area contributed by atoms with Crippen LogP contribution in [-0.2, 0) is 16.6 Å². The van der Waals surface area contributed by atoms with E-state index in [1.165, 1.54) is 12.1 Å². The van der Waals surface area contributed by atoms with Crippen molar-refractivity contribution in [1.82, 2.24) is 4.72 Å². The molecule has 0 amide bonds. The second-order valence-electron chi connectivity index (χ2n) is 3.56. The Bertz CT molecular complexity index is 499. The Kier molecular flexibility index (Phi) is 4.75. The lowest BCUT2D eigenvalue weighted by atomic mass is 10.2. The van der Waals surface area contributed by atoms with E-state index in [4.69, 9.17) is 16.6 Å². The molecule has 1 atom stereocenters. The van der Waals surface area contributed by atoms with Gasteiger partial charge in [-0.3, -0.25) is 0 Å². The van der Waals surface area contributed by atoms with Gasteiger partial charge in [0.05, 0.1) is 6.54 Å². The van der Waals surface area contributed by atoms with Crippen LogP contribution in [0.4, 0.5) is 0 Å². The standard InChI is InChI=1S/C11H16N2O3S/c1-3-5-9(4-2)13-17(14,15)11-7-6-10(8-12)16-11/h1,6-7,9,13H,4-5,8,12H2,2H3. The third-order valence-corrected chi connectivity index (χ3v) is 3.67. The Morgan fingerprint density at radius 1 is 1.59 bits per heavy atom. The predicted octanol–water partition coefficient (Wildman–Crippen LogP) is 0.819. The highest BCUT2D eigenvalue weighted by Gasteiger charge is 2.21. The van der Waals surface area contributed by atoms with Gasteiger partial charge in [0.15, 0.2) is 0 Å². The number of hydrogen-bond donors (Lipinski definition) is 2. The minimum absolute atomic E-state index is 0.131. The second kappa shape index (κ2) is 5.87. The molecule has 94 valence electrons. The summed E-state index contributed by atoms with van der Waals surface area (Å²) in [5, 5.41) is -0.131.